The van der Waals surface area contributed by atoms with Gasteiger partial charge in [-0.2, -0.15) is 4.52 Å². The van der Waals surface area contributed by atoms with Crippen LogP contribution in [0.4, 0.5) is 19.7 Å². The molecule has 6 nitrogen and oxygen atoms in total. The Morgan fingerprint density at radius 1 is 0.971 bits per heavy atom. The molecule has 1 aliphatic rings. The van der Waals surface area contributed by atoms with E-state index < -0.39 is 0 Å². The molecule has 3 heterocycles. The van der Waals surface area contributed by atoms with Crippen molar-refractivity contribution in [3.05, 3.63) is 65.7 Å². The molecule has 34 heavy (non-hydrogen) atoms. The van der Waals surface area contributed by atoms with E-state index in [1.165, 1.54) is 18.2 Å². The molecule has 0 bridgehead atoms. The molecule has 0 amide bonds. The number of benzene rings is 2. The predicted octanol–water partition coefficient (Wildman–Crippen LogP) is 5.27. The van der Waals surface area contributed by atoms with Crippen LogP contribution in [0.5, 0.6) is 0 Å². The molecule has 0 aliphatic carbocycles. The van der Waals surface area contributed by atoms with Crippen LogP contribution < -0.4 is 10.2 Å². The molecule has 0 atom stereocenters. The minimum atomic E-state index is -0.273. The van der Waals surface area contributed by atoms with Gasteiger partial charge in [0, 0.05) is 49.4 Å². The molecule has 5 rings (SSSR count). The molecule has 1 N–H and O–H groups in total. The number of fused-ring (bicyclic) bond motifs is 1. The lowest BCUT2D eigenvalue weighted by Gasteiger charge is -2.34. The van der Waals surface area contributed by atoms with Crippen molar-refractivity contribution in [1.29, 1.82) is 0 Å². The number of aromatic nitrogens is 3. The van der Waals surface area contributed by atoms with Gasteiger partial charge < -0.3 is 10.2 Å². The number of halogens is 2. The first-order valence-corrected chi connectivity index (χ1v) is 12.2. The smallest absolute Gasteiger partial charge is 0.216 e. The summed E-state index contributed by atoms with van der Waals surface area (Å²) in [5.41, 5.74) is 2.13. The maximum absolute atomic E-state index is 14.0. The number of imidazole rings is 1. The minimum Gasteiger partial charge on any atom is -0.364 e. The van der Waals surface area contributed by atoms with Crippen LogP contribution >= 0.6 is 11.3 Å². The van der Waals surface area contributed by atoms with Crippen LogP contribution in [-0.4, -0.2) is 51.2 Å². The molecule has 178 valence electrons. The summed E-state index contributed by atoms with van der Waals surface area (Å²) in [7, 11) is 0. The van der Waals surface area contributed by atoms with Crippen LogP contribution in [-0.2, 0) is 6.54 Å². The van der Waals surface area contributed by atoms with Crippen molar-refractivity contribution in [3.63, 3.8) is 0 Å². The van der Waals surface area contributed by atoms with Gasteiger partial charge in [-0.1, -0.05) is 29.5 Å². The van der Waals surface area contributed by atoms with Crippen LogP contribution in [0, 0.1) is 11.6 Å². The largest absolute Gasteiger partial charge is 0.364 e. The Hall–Kier alpha value is -3.04. The molecule has 4 aromatic rings. The van der Waals surface area contributed by atoms with E-state index in [0.29, 0.717) is 6.54 Å². The lowest BCUT2D eigenvalue weighted by Crippen LogP contribution is -2.46. The van der Waals surface area contributed by atoms with Gasteiger partial charge in [-0.05, 0) is 51.1 Å². The fourth-order valence-corrected chi connectivity index (χ4v) is 5.06. The number of rotatable bonds is 5. The standard InChI is InChI=1S/C25H28F2N6S/c1-25(2,3)29-22-21(17-8-10-19(26)11-9-17)28-23-33(22)30-24(34-23)32-14-12-31(13-15-32)16-18-6-4-5-7-20(18)27/h4-11,29H,12-16H2,1-3H3. The monoisotopic (exact) mass is 482 g/mol. The minimum absolute atomic E-state index is 0.151. The van der Waals surface area contributed by atoms with E-state index in [2.05, 4.69) is 35.9 Å². The second kappa shape index (κ2) is 8.96. The normalized spacial score (nSPS) is 15.3. The van der Waals surface area contributed by atoms with Gasteiger partial charge >= 0.3 is 0 Å². The fourth-order valence-electron chi connectivity index (χ4n) is 4.11. The molecule has 0 saturated carbocycles. The third-order valence-corrected chi connectivity index (χ3v) is 6.77. The zero-order chi connectivity index (χ0) is 23.9. The quantitative estimate of drug-likeness (QED) is 0.420. The maximum Gasteiger partial charge on any atom is 0.216 e. The Balaban J connectivity index is 1.37. The van der Waals surface area contributed by atoms with Gasteiger partial charge in [0.15, 0.2) is 5.82 Å². The van der Waals surface area contributed by atoms with Gasteiger partial charge in [-0.15, -0.1) is 5.10 Å². The summed E-state index contributed by atoms with van der Waals surface area (Å²) in [6.45, 7) is 10.2. The van der Waals surface area contributed by atoms with E-state index in [1.54, 1.807) is 29.5 Å². The molecule has 0 radical (unpaired) electrons. The van der Waals surface area contributed by atoms with Gasteiger partial charge in [0.25, 0.3) is 0 Å². The van der Waals surface area contributed by atoms with Gasteiger partial charge in [-0.25, -0.2) is 13.8 Å². The van der Waals surface area contributed by atoms with Crippen molar-refractivity contribution in [2.45, 2.75) is 32.9 Å². The summed E-state index contributed by atoms with van der Waals surface area (Å²) >= 11 is 1.54. The van der Waals surface area contributed by atoms with E-state index >= 15 is 0 Å². The first kappa shape index (κ1) is 22.7. The van der Waals surface area contributed by atoms with Crippen LogP contribution in [0.25, 0.3) is 16.2 Å². The Morgan fingerprint density at radius 2 is 1.68 bits per heavy atom. The molecule has 1 fully saturated rings. The number of anilines is 2. The van der Waals surface area contributed by atoms with E-state index in [-0.39, 0.29) is 17.2 Å². The molecule has 1 saturated heterocycles. The van der Waals surface area contributed by atoms with Gasteiger partial charge in [-0.3, -0.25) is 4.90 Å². The van der Waals surface area contributed by atoms with E-state index in [0.717, 1.165) is 58.9 Å². The summed E-state index contributed by atoms with van der Waals surface area (Å²) in [6, 6.07) is 13.3. The summed E-state index contributed by atoms with van der Waals surface area (Å²) in [5, 5.41) is 9.33. The summed E-state index contributed by atoms with van der Waals surface area (Å²) in [6.07, 6.45) is 0. The molecule has 0 unspecified atom stereocenters. The zero-order valence-electron chi connectivity index (χ0n) is 19.6. The van der Waals surface area contributed by atoms with Gasteiger partial charge in [0.1, 0.15) is 17.3 Å². The second-order valence-corrected chi connectivity index (χ2v) is 10.6. The number of nitrogens with one attached hydrogen (secondary N) is 1. The maximum atomic E-state index is 14.0. The van der Waals surface area contributed by atoms with Gasteiger partial charge in [0.2, 0.25) is 10.1 Å². The number of hydrogen-bond donors (Lipinski definition) is 1. The molecular weight excluding hydrogens is 454 g/mol. The van der Waals surface area contributed by atoms with Crippen molar-refractivity contribution in [3.8, 4) is 11.3 Å². The van der Waals surface area contributed by atoms with Crippen molar-refractivity contribution in [1.82, 2.24) is 19.5 Å². The Bertz CT molecular complexity index is 1280. The SMILES string of the molecule is CC(C)(C)Nc1c(-c2ccc(F)cc2)nc2sc(N3CCN(Cc4ccccc4F)CC3)nn12. The highest BCUT2D eigenvalue weighted by Crippen LogP contribution is 2.35. The van der Waals surface area contributed by atoms with Crippen molar-refractivity contribution >= 4 is 27.2 Å². The number of nitrogens with zero attached hydrogens (tertiary/aromatic N) is 5. The average Bonchev–Trinajstić information content (AvgIpc) is 3.35. The average molecular weight is 483 g/mol. The molecule has 0 spiro atoms. The topological polar surface area (TPSA) is 48.7 Å². The number of hydrogen-bond acceptors (Lipinski definition) is 6. The van der Waals surface area contributed by atoms with Crippen molar-refractivity contribution in [2.24, 2.45) is 0 Å². The third-order valence-electron chi connectivity index (χ3n) is 5.80. The number of piperazine rings is 1. The Labute approximate surface area is 201 Å². The highest BCUT2D eigenvalue weighted by Gasteiger charge is 2.25. The van der Waals surface area contributed by atoms with E-state index in [4.69, 9.17) is 10.1 Å². The first-order valence-electron chi connectivity index (χ1n) is 11.4. The highest BCUT2D eigenvalue weighted by molar-refractivity contribution is 7.20. The fraction of sp³-hybridized carbons (Fsp3) is 0.360. The Kier molecular flexibility index (Phi) is 5.99. The van der Waals surface area contributed by atoms with Crippen LogP contribution in [0.15, 0.2) is 48.5 Å². The van der Waals surface area contributed by atoms with Crippen molar-refractivity contribution in [2.75, 3.05) is 36.4 Å². The summed E-state index contributed by atoms with van der Waals surface area (Å²) in [4.78, 5) is 10.2. The van der Waals surface area contributed by atoms with Crippen LogP contribution in [0.2, 0.25) is 0 Å². The summed E-state index contributed by atoms with van der Waals surface area (Å²) < 4.78 is 29.3. The molecule has 1 aliphatic heterocycles. The van der Waals surface area contributed by atoms with Crippen LogP contribution in [0.3, 0.4) is 0 Å². The third kappa shape index (κ3) is 4.76. The molecule has 2 aromatic carbocycles. The second-order valence-electron chi connectivity index (χ2n) is 9.62. The first-order chi connectivity index (χ1) is 16.3. The Morgan fingerprint density at radius 3 is 2.35 bits per heavy atom. The molecule has 2 aromatic heterocycles. The van der Waals surface area contributed by atoms with E-state index in [1.807, 2.05) is 16.6 Å². The summed E-state index contributed by atoms with van der Waals surface area (Å²) in [5.74, 6) is 0.376. The van der Waals surface area contributed by atoms with Gasteiger partial charge in [0.05, 0.1) is 0 Å². The molecule has 9 heteroatoms. The lowest BCUT2D eigenvalue weighted by molar-refractivity contribution is 0.246. The zero-order valence-corrected chi connectivity index (χ0v) is 20.4. The van der Waals surface area contributed by atoms with Crippen molar-refractivity contribution < 1.29 is 8.78 Å². The lowest BCUT2D eigenvalue weighted by atomic mass is 10.1. The van der Waals surface area contributed by atoms with Crippen LogP contribution in [0.1, 0.15) is 26.3 Å². The predicted molar refractivity (Wildman–Crippen MR) is 134 cm³/mol. The molecular formula is C25H28F2N6S. The highest BCUT2D eigenvalue weighted by atomic mass is 32.1. The van der Waals surface area contributed by atoms with E-state index in [9.17, 15) is 8.78 Å².